The number of rotatable bonds is 3. The van der Waals surface area contributed by atoms with Crippen molar-refractivity contribution >= 4 is 15.7 Å². The van der Waals surface area contributed by atoms with Gasteiger partial charge in [0, 0.05) is 13.7 Å². The van der Waals surface area contributed by atoms with E-state index < -0.39 is 22.0 Å². The van der Waals surface area contributed by atoms with Crippen LogP contribution in [0.2, 0.25) is 0 Å². The zero-order chi connectivity index (χ0) is 13.3. The third kappa shape index (κ3) is 3.02. The van der Waals surface area contributed by atoms with Crippen molar-refractivity contribution in [3.05, 3.63) is 0 Å². The highest BCUT2D eigenvalue weighted by Gasteiger charge is 2.40. The van der Waals surface area contributed by atoms with E-state index in [1.807, 2.05) is 7.05 Å². The maximum atomic E-state index is 12.0. The molecule has 0 aromatic heterocycles. The van der Waals surface area contributed by atoms with Crippen LogP contribution in [0.5, 0.6) is 0 Å². The predicted molar refractivity (Wildman–Crippen MR) is 67.0 cm³/mol. The Balaban J connectivity index is 1.94. The van der Waals surface area contributed by atoms with Gasteiger partial charge in [0.15, 0.2) is 9.84 Å². The van der Waals surface area contributed by atoms with Crippen LogP contribution >= 0.6 is 0 Å². The maximum Gasteiger partial charge on any atom is 0.224 e. The molecule has 2 saturated heterocycles. The number of nitrogens with one attached hydrogen (secondary N) is 1. The summed E-state index contributed by atoms with van der Waals surface area (Å²) in [5, 5.41) is 2.83. The van der Waals surface area contributed by atoms with Crippen LogP contribution in [-0.2, 0) is 19.4 Å². The molecular formula is C11H20N2O4S. The van der Waals surface area contributed by atoms with E-state index in [4.69, 9.17) is 4.74 Å². The van der Waals surface area contributed by atoms with Crippen LogP contribution in [0, 0.1) is 5.92 Å². The van der Waals surface area contributed by atoms with E-state index in [1.54, 1.807) is 0 Å². The molecule has 2 aliphatic rings. The van der Waals surface area contributed by atoms with Gasteiger partial charge in [-0.05, 0) is 20.0 Å². The molecule has 0 aliphatic carbocycles. The number of ether oxygens (including phenoxy) is 1. The topological polar surface area (TPSA) is 75.7 Å². The molecule has 0 radical (unpaired) electrons. The Labute approximate surface area is 108 Å². The lowest BCUT2D eigenvalue weighted by Gasteiger charge is -2.20. The molecule has 2 fully saturated rings. The number of likely N-dealkylation sites (tertiary alicyclic amines) is 1. The fourth-order valence-corrected chi connectivity index (χ4v) is 4.48. The number of nitrogens with zero attached hydrogens (tertiary/aromatic N) is 1. The summed E-state index contributed by atoms with van der Waals surface area (Å²) in [4.78, 5) is 14.1. The van der Waals surface area contributed by atoms with Crippen LogP contribution in [-0.4, -0.2) is 70.1 Å². The highest BCUT2D eigenvalue weighted by Crippen LogP contribution is 2.18. The SMILES string of the molecule is COC1CS(=O)(=O)CC1NC(=O)C1CCN(C)C1. The second kappa shape index (κ2) is 5.14. The zero-order valence-corrected chi connectivity index (χ0v) is 11.6. The summed E-state index contributed by atoms with van der Waals surface area (Å²) in [6.07, 6.45) is 0.414. The van der Waals surface area contributed by atoms with Crippen LogP contribution in [0.4, 0.5) is 0 Å². The Hall–Kier alpha value is -0.660. The number of sulfone groups is 1. The first-order chi connectivity index (χ1) is 8.41. The third-order valence-electron chi connectivity index (χ3n) is 3.69. The van der Waals surface area contributed by atoms with Crippen LogP contribution in [0.15, 0.2) is 0 Å². The minimum absolute atomic E-state index is 0.000976. The van der Waals surface area contributed by atoms with Gasteiger partial charge < -0.3 is 15.0 Å². The number of hydrogen-bond donors (Lipinski definition) is 1. The normalized spacial score (nSPS) is 35.8. The van der Waals surface area contributed by atoms with E-state index >= 15 is 0 Å². The minimum atomic E-state index is -3.09. The molecule has 0 saturated carbocycles. The van der Waals surface area contributed by atoms with E-state index in [0.29, 0.717) is 0 Å². The Morgan fingerprint density at radius 3 is 2.67 bits per heavy atom. The molecule has 0 aromatic rings. The summed E-state index contributed by atoms with van der Waals surface area (Å²) in [7, 11) is 0.371. The smallest absolute Gasteiger partial charge is 0.224 e. The summed E-state index contributed by atoms with van der Waals surface area (Å²) in [6.45, 7) is 1.65. The number of carbonyl (C=O) groups is 1. The fourth-order valence-electron chi connectivity index (χ4n) is 2.63. The van der Waals surface area contributed by atoms with Crippen molar-refractivity contribution in [3.63, 3.8) is 0 Å². The molecule has 104 valence electrons. The van der Waals surface area contributed by atoms with Crippen LogP contribution in [0.1, 0.15) is 6.42 Å². The number of carbonyl (C=O) groups excluding carboxylic acids is 1. The van der Waals surface area contributed by atoms with Gasteiger partial charge in [-0.2, -0.15) is 0 Å². The molecule has 2 aliphatic heterocycles. The standard InChI is InChI=1S/C11H20N2O4S/c1-13-4-3-8(5-13)11(14)12-9-6-18(15,16)7-10(9)17-2/h8-10H,3-7H2,1-2H3,(H,12,14). The van der Waals surface area contributed by atoms with Gasteiger partial charge in [-0.3, -0.25) is 4.79 Å². The number of methoxy groups -OCH3 is 1. The van der Waals surface area contributed by atoms with E-state index in [9.17, 15) is 13.2 Å². The molecule has 7 heteroatoms. The Kier molecular flexibility index (Phi) is 3.93. The van der Waals surface area contributed by atoms with E-state index in [2.05, 4.69) is 10.2 Å². The summed E-state index contributed by atoms with van der Waals surface area (Å²) in [5.41, 5.74) is 0. The van der Waals surface area contributed by atoms with Gasteiger partial charge in [-0.15, -0.1) is 0 Å². The summed E-state index contributed by atoms with van der Waals surface area (Å²) < 4.78 is 28.2. The second-order valence-electron chi connectivity index (χ2n) is 5.21. The van der Waals surface area contributed by atoms with Crippen molar-refractivity contribution in [2.45, 2.75) is 18.6 Å². The van der Waals surface area contributed by atoms with Crippen molar-refractivity contribution in [3.8, 4) is 0 Å². The van der Waals surface area contributed by atoms with E-state index in [-0.39, 0.29) is 23.3 Å². The van der Waals surface area contributed by atoms with Crippen molar-refractivity contribution < 1.29 is 17.9 Å². The molecular weight excluding hydrogens is 256 g/mol. The Morgan fingerprint density at radius 1 is 1.39 bits per heavy atom. The van der Waals surface area contributed by atoms with E-state index in [0.717, 1.165) is 19.5 Å². The molecule has 6 nitrogen and oxygen atoms in total. The monoisotopic (exact) mass is 276 g/mol. The Bertz CT molecular complexity index is 423. The molecule has 0 bridgehead atoms. The first kappa shape index (κ1) is 13.8. The largest absolute Gasteiger partial charge is 0.378 e. The average Bonchev–Trinajstić information content (AvgIpc) is 2.82. The van der Waals surface area contributed by atoms with Crippen LogP contribution in [0.25, 0.3) is 0 Å². The van der Waals surface area contributed by atoms with Gasteiger partial charge in [-0.25, -0.2) is 8.42 Å². The van der Waals surface area contributed by atoms with Gasteiger partial charge in [0.05, 0.1) is 29.6 Å². The number of amides is 1. The van der Waals surface area contributed by atoms with Gasteiger partial charge in [0.2, 0.25) is 5.91 Å². The van der Waals surface area contributed by atoms with Crippen molar-refractivity contribution in [1.29, 1.82) is 0 Å². The highest BCUT2D eigenvalue weighted by molar-refractivity contribution is 7.91. The van der Waals surface area contributed by atoms with Crippen LogP contribution in [0.3, 0.4) is 0 Å². The molecule has 2 rings (SSSR count). The van der Waals surface area contributed by atoms with Gasteiger partial charge in [-0.1, -0.05) is 0 Å². The summed E-state index contributed by atoms with van der Waals surface area (Å²) in [6, 6.07) is -0.404. The maximum absolute atomic E-state index is 12.0. The van der Waals surface area contributed by atoms with Crippen molar-refractivity contribution in [2.75, 3.05) is 38.8 Å². The van der Waals surface area contributed by atoms with E-state index in [1.165, 1.54) is 7.11 Å². The molecule has 0 spiro atoms. The molecule has 1 N–H and O–H groups in total. The summed E-state index contributed by atoms with van der Waals surface area (Å²) in [5.74, 6) is -0.0990. The molecule has 2 heterocycles. The lowest BCUT2D eigenvalue weighted by atomic mass is 10.1. The van der Waals surface area contributed by atoms with Crippen molar-refractivity contribution in [1.82, 2.24) is 10.2 Å². The second-order valence-corrected chi connectivity index (χ2v) is 7.37. The van der Waals surface area contributed by atoms with Gasteiger partial charge >= 0.3 is 0 Å². The highest BCUT2D eigenvalue weighted by atomic mass is 32.2. The molecule has 3 unspecified atom stereocenters. The third-order valence-corrected chi connectivity index (χ3v) is 5.40. The average molecular weight is 276 g/mol. The number of hydrogen-bond acceptors (Lipinski definition) is 5. The van der Waals surface area contributed by atoms with Gasteiger partial charge in [0.25, 0.3) is 0 Å². The Morgan fingerprint density at radius 2 is 2.11 bits per heavy atom. The molecule has 0 aromatic carbocycles. The molecule has 1 amide bonds. The molecule has 3 atom stereocenters. The van der Waals surface area contributed by atoms with Gasteiger partial charge in [0.1, 0.15) is 0 Å². The first-order valence-electron chi connectivity index (χ1n) is 6.13. The summed E-state index contributed by atoms with van der Waals surface area (Å²) >= 11 is 0. The van der Waals surface area contributed by atoms with Crippen molar-refractivity contribution in [2.24, 2.45) is 5.92 Å². The molecule has 18 heavy (non-hydrogen) atoms. The zero-order valence-electron chi connectivity index (χ0n) is 10.8. The first-order valence-corrected chi connectivity index (χ1v) is 7.95. The van der Waals surface area contributed by atoms with Crippen LogP contribution < -0.4 is 5.32 Å². The predicted octanol–water partition coefficient (Wildman–Crippen LogP) is -1.13. The quantitative estimate of drug-likeness (QED) is 0.706. The fraction of sp³-hybridized carbons (Fsp3) is 0.909. The lowest BCUT2D eigenvalue weighted by Crippen LogP contribution is -2.46. The minimum Gasteiger partial charge on any atom is -0.378 e. The lowest BCUT2D eigenvalue weighted by molar-refractivity contribution is -0.125.